The predicted octanol–water partition coefficient (Wildman–Crippen LogP) is 1.88. The van der Waals surface area contributed by atoms with Crippen molar-refractivity contribution in [3.8, 4) is 11.8 Å². The van der Waals surface area contributed by atoms with Crippen molar-refractivity contribution in [1.29, 1.82) is 5.26 Å². The molecule has 1 aliphatic heterocycles. The number of methoxy groups -OCH3 is 1. The molecule has 0 unspecified atom stereocenters. The largest absolute Gasteiger partial charge is 0.488 e. The zero-order valence-corrected chi connectivity index (χ0v) is 13.4. The van der Waals surface area contributed by atoms with E-state index in [4.69, 9.17) is 9.47 Å². The Morgan fingerprint density at radius 3 is 3.08 bits per heavy atom. The number of H-pyrrole nitrogens is 1. The molecule has 0 fully saturated rings. The highest BCUT2D eigenvalue weighted by atomic mass is 16.5. The highest BCUT2D eigenvalue weighted by molar-refractivity contribution is 5.89. The average molecular weight is 327 g/mol. The van der Waals surface area contributed by atoms with E-state index < -0.39 is 6.09 Å². The Balaban J connectivity index is 2.02. The molecule has 3 rings (SSSR count). The number of hydrogen-bond acceptors (Lipinski definition) is 6. The third-order valence-corrected chi connectivity index (χ3v) is 3.87. The first-order chi connectivity index (χ1) is 11.6. The van der Waals surface area contributed by atoms with Crippen LogP contribution in [0.15, 0.2) is 24.7 Å². The number of nitrogens with one attached hydrogen (secondary N) is 1. The van der Waals surface area contributed by atoms with Crippen LogP contribution in [0, 0.1) is 11.3 Å². The third-order valence-electron chi connectivity index (χ3n) is 3.87. The van der Waals surface area contributed by atoms with E-state index in [0.29, 0.717) is 36.7 Å². The predicted molar refractivity (Wildman–Crippen MR) is 87.1 cm³/mol. The lowest BCUT2D eigenvalue weighted by atomic mass is 10.1. The van der Waals surface area contributed by atoms with Crippen LogP contribution >= 0.6 is 0 Å². The molecule has 24 heavy (non-hydrogen) atoms. The number of aromatic nitrogens is 2. The van der Waals surface area contributed by atoms with Crippen LogP contribution in [0.5, 0.6) is 5.75 Å². The number of nitriles is 1. The fourth-order valence-corrected chi connectivity index (χ4v) is 2.62. The summed E-state index contributed by atoms with van der Waals surface area (Å²) in [5, 5.41) is 9.44. The molecule has 124 valence electrons. The number of hydrogen-bond donors (Lipinski definition) is 1. The molecule has 1 amide bonds. The molecule has 1 N–H and O–H groups in total. The van der Waals surface area contributed by atoms with E-state index >= 15 is 0 Å². The number of anilines is 2. The van der Waals surface area contributed by atoms with Crippen LogP contribution in [-0.4, -0.2) is 43.4 Å². The van der Waals surface area contributed by atoms with Gasteiger partial charge >= 0.3 is 6.09 Å². The second-order valence-corrected chi connectivity index (χ2v) is 5.33. The van der Waals surface area contributed by atoms with Gasteiger partial charge in [-0.1, -0.05) is 0 Å². The minimum absolute atomic E-state index is 0.382. The Labute approximate surface area is 139 Å². The number of carbonyl (C=O) groups excluding carboxylic acids is 1. The molecular weight excluding hydrogens is 310 g/mol. The smallest absolute Gasteiger partial charge is 0.413 e. The number of benzene rings is 1. The second-order valence-electron chi connectivity index (χ2n) is 5.33. The number of carbonyl (C=O) groups is 1. The molecule has 0 bridgehead atoms. The van der Waals surface area contributed by atoms with Crippen molar-refractivity contribution in [1.82, 2.24) is 9.97 Å². The Morgan fingerprint density at radius 1 is 1.58 bits per heavy atom. The van der Waals surface area contributed by atoms with Crippen molar-refractivity contribution in [2.45, 2.75) is 6.54 Å². The zero-order chi connectivity index (χ0) is 17.1. The summed E-state index contributed by atoms with van der Waals surface area (Å²) >= 11 is 0. The molecule has 8 nitrogen and oxygen atoms in total. The van der Waals surface area contributed by atoms with Crippen LogP contribution in [0.4, 0.5) is 16.2 Å². The number of imidazole rings is 1. The highest BCUT2D eigenvalue weighted by Crippen LogP contribution is 2.39. The van der Waals surface area contributed by atoms with Gasteiger partial charge in [-0.15, -0.1) is 0 Å². The SMILES string of the molecule is COC(=O)N(C)c1cc(C#N)c2c(c1)N(Cc1cnc[nH]1)CCO2. The average Bonchev–Trinajstić information content (AvgIpc) is 3.12. The van der Waals surface area contributed by atoms with Gasteiger partial charge < -0.3 is 19.4 Å². The second kappa shape index (κ2) is 6.50. The lowest BCUT2D eigenvalue weighted by molar-refractivity contribution is 0.180. The lowest BCUT2D eigenvalue weighted by Gasteiger charge is -2.32. The van der Waals surface area contributed by atoms with Crippen molar-refractivity contribution >= 4 is 17.5 Å². The first kappa shape index (κ1) is 15.7. The van der Waals surface area contributed by atoms with Gasteiger partial charge in [0.1, 0.15) is 12.7 Å². The fraction of sp³-hybridized carbons (Fsp3) is 0.312. The standard InChI is InChI=1S/C16H17N5O3/c1-20(16(22)23-2)13-5-11(7-17)15-14(6-13)21(3-4-24-15)9-12-8-18-10-19-12/h5-6,8,10H,3-4,9H2,1-2H3,(H,18,19). The van der Waals surface area contributed by atoms with Gasteiger partial charge in [0.15, 0.2) is 5.75 Å². The molecular formula is C16H17N5O3. The maximum atomic E-state index is 11.8. The molecule has 8 heteroatoms. The van der Waals surface area contributed by atoms with Gasteiger partial charge in [-0.05, 0) is 12.1 Å². The number of nitrogens with zero attached hydrogens (tertiary/aromatic N) is 4. The summed E-state index contributed by atoms with van der Waals surface area (Å²) in [5.41, 5.74) is 2.67. The molecule has 1 aliphatic rings. The van der Waals surface area contributed by atoms with E-state index in [1.807, 2.05) is 6.07 Å². The fourth-order valence-electron chi connectivity index (χ4n) is 2.62. The van der Waals surface area contributed by atoms with Gasteiger partial charge in [0.05, 0.1) is 49.2 Å². The number of rotatable bonds is 3. The highest BCUT2D eigenvalue weighted by Gasteiger charge is 2.25. The van der Waals surface area contributed by atoms with Crippen molar-refractivity contribution < 1.29 is 14.3 Å². The van der Waals surface area contributed by atoms with Crippen LogP contribution < -0.4 is 14.5 Å². The molecule has 2 aromatic rings. The molecule has 2 heterocycles. The number of fused-ring (bicyclic) bond motifs is 1. The van der Waals surface area contributed by atoms with Gasteiger partial charge in [-0.3, -0.25) is 4.90 Å². The van der Waals surface area contributed by atoms with Crippen molar-refractivity contribution in [3.05, 3.63) is 35.9 Å². The van der Waals surface area contributed by atoms with E-state index in [1.165, 1.54) is 12.0 Å². The Bertz CT molecular complexity index is 782. The van der Waals surface area contributed by atoms with E-state index in [0.717, 1.165) is 11.4 Å². The molecule has 0 saturated carbocycles. The first-order valence-electron chi connectivity index (χ1n) is 7.39. The molecule has 1 aromatic carbocycles. The summed E-state index contributed by atoms with van der Waals surface area (Å²) in [6.07, 6.45) is 2.87. The molecule has 0 spiro atoms. The maximum absolute atomic E-state index is 11.8. The van der Waals surface area contributed by atoms with Crippen LogP contribution in [0.25, 0.3) is 0 Å². The molecule has 0 atom stereocenters. The maximum Gasteiger partial charge on any atom is 0.413 e. The number of amides is 1. The lowest BCUT2D eigenvalue weighted by Crippen LogP contribution is -2.33. The summed E-state index contributed by atoms with van der Waals surface area (Å²) < 4.78 is 10.4. The summed E-state index contributed by atoms with van der Waals surface area (Å²) in [6, 6.07) is 5.58. The monoisotopic (exact) mass is 327 g/mol. The summed E-state index contributed by atoms with van der Waals surface area (Å²) in [6.45, 7) is 1.76. The van der Waals surface area contributed by atoms with Gasteiger partial charge in [0.25, 0.3) is 0 Å². The summed E-state index contributed by atoms with van der Waals surface area (Å²) in [4.78, 5) is 22.3. The number of aromatic amines is 1. The Hall–Kier alpha value is -3.21. The van der Waals surface area contributed by atoms with Crippen LogP contribution in [0.1, 0.15) is 11.3 Å². The van der Waals surface area contributed by atoms with Crippen LogP contribution in [0.2, 0.25) is 0 Å². The topological polar surface area (TPSA) is 94.5 Å². The number of ether oxygens (including phenoxy) is 2. The molecule has 0 radical (unpaired) electrons. The first-order valence-corrected chi connectivity index (χ1v) is 7.39. The quantitative estimate of drug-likeness (QED) is 0.925. The minimum atomic E-state index is -0.504. The van der Waals surface area contributed by atoms with Gasteiger partial charge in [-0.25, -0.2) is 9.78 Å². The van der Waals surface area contributed by atoms with E-state index in [9.17, 15) is 10.1 Å². The normalized spacial score (nSPS) is 12.8. The minimum Gasteiger partial charge on any atom is -0.488 e. The van der Waals surface area contributed by atoms with Crippen molar-refractivity contribution in [3.63, 3.8) is 0 Å². The van der Waals surface area contributed by atoms with E-state index in [-0.39, 0.29) is 0 Å². The molecule has 1 aromatic heterocycles. The Kier molecular flexibility index (Phi) is 4.24. The van der Waals surface area contributed by atoms with Gasteiger partial charge in [0.2, 0.25) is 0 Å². The van der Waals surface area contributed by atoms with E-state index in [2.05, 4.69) is 20.9 Å². The molecule has 0 aliphatic carbocycles. The molecule has 0 saturated heterocycles. The van der Waals surface area contributed by atoms with Crippen molar-refractivity contribution in [2.24, 2.45) is 0 Å². The zero-order valence-electron chi connectivity index (χ0n) is 13.4. The third kappa shape index (κ3) is 2.84. The summed E-state index contributed by atoms with van der Waals surface area (Å²) in [7, 11) is 2.91. The van der Waals surface area contributed by atoms with E-state index in [1.54, 1.807) is 25.6 Å². The van der Waals surface area contributed by atoms with Crippen molar-refractivity contribution in [2.75, 3.05) is 37.1 Å². The van der Waals surface area contributed by atoms with Crippen LogP contribution in [-0.2, 0) is 11.3 Å². The van der Waals surface area contributed by atoms with Gasteiger partial charge in [-0.2, -0.15) is 5.26 Å². The summed E-state index contributed by atoms with van der Waals surface area (Å²) in [5.74, 6) is 0.533. The van der Waals surface area contributed by atoms with Crippen LogP contribution in [0.3, 0.4) is 0 Å². The van der Waals surface area contributed by atoms with Gasteiger partial charge in [0, 0.05) is 13.2 Å². The Morgan fingerprint density at radius 2 is 2.42 bits per heavy atom.